The molecule has 1 fully saturated rings. The number of hydrogen-bond donors (Lipinski definition) is 2. The van der Waals surface area contributed by atoms with Crippen LogP contribution in [0.15, 0.2) is 0 Å². The normalized spacial score (nSPS) is 22.9. The van der Waals surface area contributed by atoms with Crippen LogP contribution in [0.4, 0.5) is 13.6 Å². The Hall–Kier alpha value is -1.91. The third-order valence-corrected chi connectivity index (χ3v) is 2.91. The van der Waals surface area contributed by atoms with Gasteiger partial charge in [-0.1, -0.05) is 13.8 Å². The lowest BCUT2D eigenvalue weighted by Crippen LogP contribution is -2.52. The Morgan fingerprint density at radius 2 is 2.11 bits per heavy atom. The zero-order valence-electron chi connectivity index (χ0n) is 10.6. The molecule has 1 rings (SSSR count). The van der Waals surface area contributed by atoms with Crippen molar-refractivity contribution in [3.05, 3.63) is 0 Å². The lowest BCUT2D eigenvalue weighted by atomic mass is 10.0. The number of nitriles is 1. The number of rotatable bonds is 3. The minimum atomic E-state index is -3.11. The summed E-state index contributed by atoms with van der Waals surface area (Å²) in [5.74, 6) is -4.31. The fraction of sp³-hybridized carbons (Fsp3) is 0.727. The Morgan fingerprint density at radius 1 is 1.53 bits per heavy atom. The van der Waals surface area contributed by atoms with Gasteiger partial charge in [0.2, 0.25) is 5.91 Å². The maximum absolute atomic E-state index is 13.2. The molecule has 1 aliphatic heterocycles. The number of carbonyl (C=O) groups is 2. The van der Waals surface area contributed by atoms with E-state index in [0.717, 1.165) is 4.90 Å². The molecule has 1 saturated heterocycles. The molecule has 0 spiro atoms. The Morgan fingerprint density at radius 3 is 2.53 bits per heavy atom. The topological polar surface area (TPSA) is 93.4 Å². The molecule has 1 aliphatic rings. The van der Waals surface area contributed by atoms with Crippen molar-refractivity contribution in [1.29, 1.82) is 5.26 Å². The molecule has 0 radical (unpaired) electrons. The van der Waals surface area contributed by atoms with Gasteiger partial charge in [0, 0.05) is 6.42 Å². The third-order valence-electron chi connectivity index (χ3n) is 2.91. The number of nitrogens with zero attached hydrogens (tertiary/aromatic N) is 2. The molecule has 0 aromatic rings. The molecule has 6 nitrogen and oxygen atoms in total. The van der Waals surface area contributed by atoms with Gasteiger partial charge in [0.15, 0.2) is 0 Å². The van der Waals surface area contributed by atoms with E-state index in [1.54, 1.807) is 19.9 Å². The van der Waals surface area contributed by atoms with E-state index in [9.17, 15) is 18.4 Å². The molecule has 19 heavy (non-hydrogen) atoms. The molecule has 0 aromatic carbocycles. The first-order chi connectivity index (χ1) is 8.68. The summed E-state index contributed by atoms with van der Waals surface area (Å²) < 4.78 is 26.5. The second-order valence-corrected chi connectivity index (χ2v) is 4.84. The summed E-state index contributed by atoms with van der Waals surface area (Å²) in [5.41, 5.74) is 0. The molecule has 0 saturated carbocycles. The summed E-state index contributed by atoms with van der Waals surface area (Å²) in [6.45, 7) is 2.33. The molecule has 0 aliphatic carbocycles. The zero-order chi connectivity index (χ0) is 14.8. The van der Waals surface area contributed by atoms with Gasteiger partial charge in [-0.15, -0.1) is 0 Å². The lowest BCUT2D eigenvalue weighted by Gasteiger charge is -2.27. The van der Waals surface area contributed by atoms with Gasteiger partial charge in [0.1, 0.15) is 12.1 Å². The summed E-state index contributed by atoms with van der Waals surface area (Å²) in [7, 11) is 0. The number of hydrogen-bond acceptors (Lipinski definition) is 3. The van der Waals surface area contributed by atoms with Gasteiger partial charge in [0.05, 0.1) is 12.6 Å². The van der Waals surface area contributed by atoms with Crippen LogP contribution >= 0.6 is 0 Å². The van der Waals surface area contributed by atoms with Crippen molar-refractivity contribution in [2.24, 2.45) is 5.92 Å². The first-order valence-electron chi connectivity index (χ1n) is 5.75. The van der Waals surface area contributed by atoms with Gasteiger partial charge in [-0.25, -0.2) is 13.6 Å². The second kappa shape index (κ2) is 5.38. The van der Waals surface area contributed by atoms with E-state index < -0.39 is 48.9 Å². The minimum Gasteiger partial charge on any atom is -0.465 e. The maximum atomic E-state index is 13.2. The average Bonchev–Trinajstić information content (AvgIpc) is 2.60. The Labute approximate surface area is 109 Å². The van der Waals surface area contributed by atoms with E-state index in [4.69, 9.17) is 10.4 Å². The lowest BCUT2D eigenvalue weighted by molar-refractivity contribution is -0.135. The molecule has 106 valence electrons. The number of alkyl halides is 2. The predicted octanol–water partition coefficient (Wildman–Crippen LogP) is 1.04. The minimum absolute atomic E-state index is 0.405. The van der Waals surface area contributed by atoms with Crippen LogP contribution in [0.25, 0.3) is 0 Å². The van der Waals surface area contributed by atoms with Crippen LogP contribution in [0.2, 0.25) is 0 Å². The standard InChI is InChI=1S/C11H15F2N3O3/c1-6(2)8(15-10(18)19)9(17)16-5-11(12,13)3-7(16)4-14/h6-8,15H,3,5H2,1-2H3,(H,18,19)/t7-,8?/m0/s1. The summed E-state index contributed by atoms with van der Waals surface area (Å²) in [5, 5.41) is 19.5. The van der Waals surface area contributed by atoms with Gasteiger partial charge >= 0.3 is 6.09 Å². The van der Waals surface area contributed by atoms with Crippen LogP contribution in [0.5, 0.6) is 0 Å². The number of likely N-dealkylation sites (tertiary alicyclic amines) is 1. The van der Waals surface area contributed by atoms with Gasteiger partial charge in [0.25, 0.3) is 5.92 Å². The highest BCUT2D eigenvalue weighted by atomic mass is 19.3. The highest BCUT2D eigenvalue weighted by Crippen LogP contribution is 2.32. The average molecular weight is 275 g/mol. The van der Waals surface area contributed by atoms with Crippen LogP contribution < -0.4 is 5.32 Å². The van der Waals surface area contributed by atoms with Crippen LogP contribution in [0.3, 0.4) is 0 Å². The van der Waals surface area contributed by atoms with E-state index in [1.807, 2.05) is 5.32 Å². The number of carboxylic acid groups (broad SMARTS) is 1. The van der Waals surface area contributed by atoms with Crippen molar-refractivity contribution in [3.8, 4) is 6.07 Å². The first-order valence-corrected chi connectivity index (χ1v) is 5.75. The molecular weight excluding hydrogens is 260 g/mol. The molecule has 2 amide bonds. The number of nitrogens with one attached hydrogen (secondary N) is 1. The monoisotopic (exact) mass is 275 g/mol. The number of carbonyl (C=O) groups excluding carboxylic acids is 1. The zero-order valence-corrected chi connectivity index (χ0v) is 10.6. The van der Waals surface area contributed by atoms with Crippen molar-refractivity contribution in [2.75, 3.05) is 6.54 Å². The van der Waals surface area contributed by atoms with Crippen LogP contribution in [0, 0.1) is 17.2 Å². The van der Waals surface area contributed by atoms with Gasteiger partial charge in [-0.05, 0) is 5.92 Å². The molecule has 2 N–H and O–H groups in total. The summed E-state index contributed by atoms with van der Waals surface area (Å²) in [4.78, 5) is 23.5. The highest BCUT2D eigenvalue weighted by molar-refractivity contribution is 5.86. The molecule has 1 unspecified atom stereocenters. The smallest absolute Gasteiger partial charge is 0.405 e. The van der Waals surface area contributed by atoms with Gasteiger partial charge in [-0.2, -0.15) is 5.26 Å². The molecule has 1 heterocycles. The van der Waals surface area contributed by atoms with E-state index >= 15 is 0 Å². The van der Waals surface area contributed by atoms with E-state index in [0.29, 0.717) is 0 Å². The fourth-order valence-electron chi connectivity index (χ4n) is 1.99. The third kappa shape index (κ3) is 3.53. The summed E-state index contributed by atoms with van der Waals surface area (Å²) >= 11 is 0. The summed E-state index contributed by atoms with van der Waals surface area (Å²) in [6.07, 6.45) is -2.13. The van der Waals surface area contributed by atoms with E-state index in [-0.39, 0.29) is 0 Å². The Kier molecular flexibility index (Phi) is 4.29. The van der Waals surface area contributed by atoms with E-state index in [2.05, 4.69) is 0 Å². The summed E-state index contributed by atoms with van der Waals surface area (Å²) in [6, 6.07) is -0.712. The van der Waals surface area contributed by atoms with Gasteiger partial charge in [-0.3, -0.25) is 4.79 Å². The molecule has 8 heteroatoms. The number of amides is 2. The second-order valence-electron chi connectivity index (χ2n) is 4.84. The Bertz CT molecular complexity index is 420. The van der Waals surface area contributed by atoms with Crippen molar-refractivity contribution < 1.29 is 23.5 Å². The predicted molar refractivity (Wildman–Crippen MR) is 60.5 cm³/mol. The Balaban J connectivity index is 2.91. The molecule has 2 atom stereocenters. The number of halogens is 2. The van der Waals surface area contributed by atoms with E-state index in [1.165, 1.54) is 0 Å². The highest BCUT2D eigenvalue weighted by Gasteiger charge is 2.48. The van der Waals surface area contributed by atoms with Crippen molar-refractivity contribution in [2.45, 2.75) is 38.3 Å². The molecular formula is C11H15F2N3O3. The van der Waals surface area contributed by atoms with Crippen molar-refractivity contribution in [1.82, 2.24) is 10.2 Å². The van der Waals surface area contributed by atoms with Crippen molar-refractivity contribution >= 4 is 12.0 Å². The molecule has 0 bridgehead atoms. The van der Waals surface area contributed by atoms with Gasteiger partial charge < -0.3 is 15.3 Å². The van der Waals surface area contributed by atoms with Crippen LogP contribution in [-0.4, -0.2) is 46.6 Å². The first kappa shape index (κ1) is 15.1. The van der Waals surface area contributed by atoms with Crippen molar-refractivity contribution in [3.63, 3.8) is 0 Å². The molecule has 0 aromatic heterocycles. The van der Waals surface area contributed by atoms with Crippen LogP contribution in [-0.2, 0) is 4.79 Å². The maximum Gasteiger partial charge on any atom is 0.405 e. The quantitative estimate of drug-likeness (QED) is 0.804. The SMILES string of the molecule is CC(C)C(NC(=O)O)C(=O)N1CC(F)(F)C[C@H]1C#N. The fourth-order valence-corrected chi connectivity index (χ4v) is 1.99. The largest absolute Gasteiger partial charge is 0.465 e. The van der Waals surface area contributed by atoms with Crippen LogP contribution in [0.1, 0.15) is 20.3 Å².